The van der Waals surface area contributed by atoms with Gasteiger partial charge in [0.05, 0.1) is 11.6 Å². The number of hydrogen-bond acceptors (Lipinski definition) is 2. The molecule has 0 bridgehead atoms. The highest BCUT2D eigenvalue weighted by Crippen LogP contribution is 2.06. The van der Waals surface area contributed by atoms with Crippen LogP contribution in [0.4, 0.5) is 0 Å². The van der Waals surface area contributed by atoms with Crippen LogP contribution in [0.15, 0.2) is 30.3 Å². The molecule has 0 aliphatic heterocycles. The Morgan fingerprint density at radius 1 is 1.40 bits per heavy atom. The van der Waals surface area contributed by atoms with Crippen molar-refractivity contribution in [1.29, 1.82) is 5.26 Å². The second kappa shape index (κ2) is 6.00. The van der Waals surface area contributed by atoms with Crippen molar-refractivity contribution in [3.8, 4) is 6.07 Å². The molecule has 0 aliphatic carbocycles. The third kappa shape index (κ3) is 4.44. The highest BCUT2D eigenvalue weighted by atomic mass is 15.0. The molecule has 1 aromatic carbocycles. The molecule has 15 heavy (non-hydrogen) atoms. The fraction of sp³-hybridized carbons (Fsp3) is 0.308. The zero-order valence-electron chi connectivity index (χ0n) is 9.27. The molecule has 2 heteroatoms. The topological polar surface area (TPSA) is 27.0 Å². The monoisotopic (exact) mass is 200 g/mol. The van der Waals surface area contributed by atoms with E-state index < -0.39 is 0 Å². The number of benzene rings is 1. The molecule has 0 fully saturated rings. The van der Waals surface area contributed by atoms with Crippen molar-refractivity contribution in [3.05, 3.63) is 41.5 Å². The van der Waals surface area contributed by atoms with E-state index in [-0.39, 0.29) is 0 Å². The van der Waals surface area contributed by atoms with Crippen LogP contribution >= 0.6 is 0 Å². The van der Waals surface area contributed by atoms with Gasteiger partial charge in [-0.25, -0.2) is 0 Å². The first-order valence-electron chi connectivity index (χ1n) is 5.04. The van der Waals surface area contributed by atoms with Crippen molar-refractivity contribution in [2.45, 2.75) is 6.42 Å². The SMILES string of the molecule is CN(C)CC/C=C/c1cccc(C#N)c1. The summed E-state index contributed by atoms with van der Waals surface area (Å²) in [6, 6.07) is 9.76. The Balaban J connectivity index is 2.53. The number of nitriles is 1. The van der Waals surface area contributed by atoms with Crippen molar-refractivity contribution >= 4 is 6.08 Å². The van der Waals surface area contributed by atoms with Crippen molar-refractivity contribution < 1.29 is 0 Å². The van der Waals surface area contributed by atoms with Gasteiger partial charge in [-0.05, 0) is 38.2 Å². The standard InChI is InChI=1S/C13H16N2/c1-15(2)9-4-3-6-12-7-5-8-13(10-12)11-14/h3,5-8,10H,4,9H2,1-2H3/b6-3+. The lowest BCUT2D eigenvalue weighted by Crippen LogP contribution is -2.11. The zero-order valence-corrected chi connectivity index (χ0v) is 9.27. The Morgan fingerprint density at radius 3 is 2.87 bits per heavy atom. The molecule has 0 spiro atoms. The van der Waals surface area contributed by atoms with Gasteiger partial charge in [0.15, 0.2) is 0 Å². The molecule has 1 rings (SSSR count). The van der Waals surface area contributed by atoms with Crippen molar-refractivity contribution in [2.75, 3.05) is 20.6 Å². The van der Waals surface area contributed by atoms with Crippen LogP contribution in [-0.4, -0.2) is 25.5 Å². The van der Waals surface area contributed by atoms with E-state index in [1.165, 1.54) is 0 Å². The normalized spacial score (nSPS) is 10.8. The molecule has 1 aromatic rings. The average molecular weight is 200 g/mol. The Hall–Kier alpha value is -1.59. The van der Waals surface area contributed by atoms with Crippen LogP contribution in [0.25, 0.3) is 6.08 Å². The molecule has 0 saturated heterocycles. The summed E-state index contributed by atoms with van der Waals surface area (Å²) in [6.07, 6.45) is 5.23. The minimum atomic E-state index is 0.713. The van der Waals surface area contributed by atoms with E-state index in [1.54, 1.807) is 0 Å². The van der Waals surface area contributed by atoms with Gasteiger partial charge in [0.2, 0.25) is 0 Å². The van der Waals surface area contributed by atoms with Crippen molar-refractivity contribution in [1.82, 2.24) is 4.90 Å². The van der Waals surface area contributed by atoms with Gasteiger partial charge in [0.1, 0.15) is 0 Å². The van der Waals surface area contributed by atoms with Gasteiger partial charge in [0.25, 0.3) is 0 Å². The van der Waals surface area contributed by atoms with Crippen LogP contribution < -0.4 is 0 Å². The molecule has 0 aromatic heterocycles. The van der Waals surface area contributed by atoms with E-state index in [0.717, 1.165) is 18.5 Å². The molecule has 0 radical (unpaired) electrons. The molecule has 0 amide bonds. The summed E-state index contributed by atoms with van der Waals surface area (Å²) in [5.74, 6) is 0. The lowest BCUT2D eigenvalue weighted by Gasteiger charge is -2.05. The smallest absolute Gasteiger partial charge is 0.0991 e. The second-order valence-corrected chi connectivity index (χ2v) is 3.73. The summed E-state index contributed by atoms with van der Waals surface area (Å²) < 4.78 is 0. The summed E-state index contributed by atoms with van der Waals surface area (Å²) >= 11 is 0. The highest BCUT2D eigenvalue weighted by Gasteiger charge is 1.90. The minimum Gasteiger partial charge on any atom is -0.309 e. The van der Waals surface area contributed by atoms with Gasteiger partial charge in [-0.2, -0.15) is 5.26 Å². The zero-order chi connectivity index (χ0) is 11.1. The van der Waals surface area contributed by atoms with Crippen LogP contribution in [0.2, 0.25) is 0 Å². The summed E-state index contributed by atoms with van der Waals surface area (Å²) in [6.45, 7) is 1.05. The van der Waals surface area contributed by atoms with E-state index >= 15 is 0 Å². The summed E-state index contributed by atoms with van der Waals surface area (Å²) in [4.78, 5) is 2.15. The van der Waals surface area contributed by atoms with Crippen LogP contribution in [0, 0.1) is 11.3 Å². The maximum Gasteiger partial charge on any atom is 0.0991 e. The van der Waals surface area contributed by atoms with Crippen molar-refractivity contribution in [3.63, 3.8) is 0 Å². The second-order valence-electron chi connectivity index (χ2n) is 3.73. The number of rotatable bonds is 4. The third-order valence-electron chi connectivity index (χ3n) is 2.07. The molecular weight excluding hydrogens is 184 g/mol. The summed E-state index contributed by atoms with van der Waals surface area (Å²) in [5.41, 5.74) is 1.80. The van der Waals surface area contributed by atoms with E-state index in [0.29, 0.717) is 5.56 Å². The van der Waals surface area contributed by atoms with Crippen LogP contribution in [0.5, 0.6) is 0 Å². The third-order valence-corrected chi connectivity index (χ3v) is 2.07. The fourth-order valence-electron chi connectivity index (χ4n) is 1.26. The van der Waals surface area contributed by atoms with Gasteiger partial charge in [-0.1, -0.05) is 24.3 Å². The van der Waals surface area contributed by atoms with E-state index in [4.69, 9.17) is 5.26 Å². The molecule has 0 unspecified atom stereocenters. The first-order chi connectivity index (χ1) is 7.22. The van der Waals surface area contributed by atoms with E-state index in [2.05, 4.69) is 37.2 Å². The largest absolute Gasteiger partial charge is 0.309 e. The maximum absolute atomic E-state index is 8.73. The van der Waals surface area contributed by atoms with E-state index in [1.807, 2.05) is 24.3 Å². The molecule has 0 N–H and O–H groups in total. The fourth-order valence-corrected chi connectivity index (χ4v) is 1.26. The summed E-state index contributed by atoms with van der Waals surface area (Å²) in [5, 5.41) is 8.73. The lowest BCUT2D eigenvalue weighted by atomic mass is 10.1. The molecule has 0 saturated carbocycles. The predicted molar refractivity (Wildman–Crippen MR) is 63.4 cm³/mol. The summed E-state index contributed by atoms with van der Waals surface area (Å²) in [7, 11) is 4.12. The van der Waals surface area contributed by atoms with Gasteiger partial charge >= 0.3 is 0 Å². The molecular formula is C13H16N2. The van der Waals surface area contributed by atoms with E-state index in [9.17, 15) is 0 Å². The minimum absolute atomic E-state index is 0.713. The first kappa shape index (κ1) is 11.5. The Labute approximate surface area is 91.4 Å². The quantitative estimate of drug-likeness (QED) is 0.746. The lowest BCUT2D eigenvalue weighted by molar-refractivity contribution is 0.417. The Bertz CT molecular complexity index is 372. The van der Waals surface area contributed by atoms with Gasteiger partial charge in [0, 0.05) is 6.54 Å². The van der Waals surface area contributed by atoms with Crippen molar-refractivity contribution in [2.24, 2.45) is 0 Å². The average Bonchev–Trinajstić information content (AvgIpc) is 2.24. The number of nitrogens with zero attached hydrogens (tertiary/aromatic N) is 2. The molecule has 0 heterocycles. The molecule has 0 atom stereocenters. The van der Waals surface area contributed by atoms with Crippen LogP contribution in [-0.2, 0) is 0 Å². The van der Waals surface area contributed by atoms with Gasteiger partial charge in [-0.15, -0.1) is 0 Å². The molecule has 2 nitrogen and oxygen atoms in total. The van der Waals surface area contributed by atoms with Crippen LogP contribution in [0.3, 0.4) is 0 Å². The van der Waals surface area contributed by atoms with Crippen LogP contribution in [0.1, 0.15) is 17.5 Å². The predicted octanol–water partition coefficient (Wildman–Crippen LogP) is 2.52. The Kier molecular flexibility index (Phi) is 4.59. The van der Waals surface area contributed by atoms with Gasteiger partial charge in [-0.3, -0.25) is 0 Å². The number of hydrogen-bond donors (Lipinski definition) is 0. The van der Waals surface area contributed by atoms with Gasteiger partial charge < -0.3 is 4.90 Å². The molecule has 78 valence electrons. The Morgan fingerprint density at radius 2 is 2.20 bits per heavy atom. The maximum atomic E-state index is 8.73. The first-order valence-corrected chi connectivity index (χ1v) is 5.04. The highest BCUT2D eigenvalue weighted by molar-refractivity contribution is 5.52. The molecule has 0 aliphatic rings.